The van der Waals surface area contributed by atoms with Crippen molar-refractivity contribution >= 4 is 11.8 Å². The zero-order chi connectivity index (χ0) is 12.8. The van der Waals surface area contributed by atoms with E-state index in [4.69, 9.17) is 14.7 Å². The van der Waals surface area contributed by atoms with Crippen LogP contribution in [0.1, 0.15) is 37.4 Å². The first-order valence-corrected chi connectivity index (χ1v) is 6.77. The van der Waals surface area contributed by atoms with Gasteiger partial charge in [0, 0.05) is 6.42 Å². The lowest BCUT2D eigenvalue weighted by Gasteiger charge is -1.90. The van der Waals surface area contributed by atoms with E-state index < -0.39 is 0 Å². The fraction of sp³-hybridized carbons (Fsp3) is 0.600. The highest BCUT2D eigenvalue weighted by molar-refractivity contribution is 7.98. The van der Waals surface area contributed by atoms with E-state index in [1.54, 1.807) is 0 Å². The molecular weight excluding hydrogens is 254 g/mol. The van der Waals surface area contributed by atoms with Crippen LogP contribution in [0.2, 0.25) is 0 Å². The van der Waals surface area contributed by atoms with E-state index in [2.05, 4.69) is 27.3 Å². The Morgan fingerprint density at radius 1 is 1.28 bits per heavy atom. The summed E-state index contributed by atoms with van der Waals surface area (Å²) in [6, 6.07) is 0. The first kappa shape index (κ1) is 13.0. The fourth-order valence-corrected chi connectivity index (χ4v) is 1.91. The van der Waals surface area contributed by atoms with E-state index in [-0.39, 0.29) is 6.54 Å². The molecule has 2 aromatic heterocycles. The third-order valence-corrected chi connectivity index (χ3v) is 3.01. The standard InChI is InChI=1S/C10H15N5O2S/c1-2-3-4-7-12-9(17-15-7)6-18-10-14-13-8(5-11)16-10/h2-6,11H2,1H3. The predicted molar refractivity (Wildman–Crippen MR) is 64.7 cm³/mol. The van der Waals surface area contributed by atoms with Crippen molar-refractivity contribution in [3.8, 4) is 0 Å². The Morgan fingerprint density at radius 3 is 2.89 bits per heavy atom. The number of unbranched alkanes of at least 4 members (excludes halogenated alkanes) is 1. The highest BCUT2D eigenvalue weighted by atomic mass is 32.2. The SMILES string of the molecule is CCCCc1noc(CSc2nnc(CN)o2)n1. The summed E-state index contributed by atoms with van der Waals surface area (Å²) in [5, 5.41) is 12.0. The molecule has 8 heteroatoms. The normalized spacial score (nSPS) is 11.0. The molecule has 0 aliphatic heterocycles. The molecule has 0 unspecified atom stereocenters. The average molecular weight is 269 g/mol. The number of nitrogens with zero attached hydrogens (tertiary/aromatic N) is 4. The van der Waals surface area contributed by atoms with Gasteiger partial charge in [-0.2, -0.15) is 4.98 Å². The highest BCUT2D eigenvalue weighted by Gasteiger charge is 2.10. The maximum Gasteiger partial charge on any atom is 0.277 e. The second-order valence-electron chi connectivity index (χ2n) is 3.66. The number of hydrogen-bond donors (Lipinski definition) is 1. The second-order valence-corrected chi connectivity index (χ2v) is 4.59. The minimum atomic E-state index is 0.245. The quantitative estimate of drug-likeness (QED) is 0.755. The van der Waals surface area contributed by atoms with Crippen LogP contribution in [0, 0.1) is 0 Å². The van der Waals surface area contributed by atoms with Gasteiger partial charge in [-0.05, 0) is 6.42 Å². The molecule has 2 rings (SSSR count). The number of aromatic nitrogens is 4. The minimum Gasteiger partial charge on any atom is -0.415 e. The monoisotopic (exact) mass is 269 g/mol. The van der Waals surface area contributed by atoms with Crippen molar-refractivity contribution in [1.29, 1.82) is 0 Å². The summed E-state index contributed by atoms with van der Waals surface area (Å²) in [5.41, 5.74) is 5.37. The van der Waals surface area contributed by atoms with Crippen molar-refractivity contribution in [1.82, 2.24) is 20.3 Å². The predicted octanol–water partition coefficient (Wildman–Crippen LogP) is 1.55. The van der Waals surface area contributed by atoms with Crippen molar-refractivity contribution in [2.75, 3.05) is 0 Å². The Balaban J connectivity index is 1.84. The molecule has 7 nitrogen and oxygen atoms in total. The van der Waals surface area contributed by atoms with E-state index in [9.17, 15) is 0 Å². The molecule has 0 radical (unpaired) electrons. The Labute approximate surface area is 109 Å². The van der Waals surface area contributed by atoms with Crippen LogP contribution in [0.15, 0.2) is 14.2 Å². The van der Waals surface area contributed by atoms with Gasteiger partial charge in [-0.25, -0.2) is 0 Å². The van der Waals surface area contributed by atoms with E-state index >= 15 is 0 Å². The highest BCUT2D eigenvalue weighted by Crippen LogP contribution is 2.20. The van der Waals surface area contributed by atoms with E-state index in [0.29, 0.717) is 22.8 Å². The molecule has 0 aliphatic rings. The van der Waals surface area contributed by atoms with Crippen LogP contribution in [-0.2, 0) is 18.7 Å². The number of nitrogens with two attached hydrogens (primary N) is 1. The van der Waals surface area contributed by atoms with E-state index in [1.807, 2.05) is 0 Å². The van der Waals surface area contributed by atoms with Crippen LogP contribution in [0.5, 0.6) is 0 Å². The lowest BCUT2D eigenvalue weighted by Crippen LogP contribution is -1.95. The molecule has 0 bridgehead atoms. The summed E-state index contributed by atoms with van der Waals surface area (Å²) in [5.74, 6) is 2.26. The van der Waals surface area contributed by atoms with Gasteiger partial charge in [0.05, 0.1) is 12.3 Å². The molecule has 0 amide bonds. The summed E-state index contributed by atoms with van der Waals surface area (Å²) >= 11 is 1.35. The van der Waals surface area contributed by atoms with E-state index in [0.717, 1.165) is 25.1 Å². The van der Waals surface area contributed by atoms with Crippen LogP contribution in [0.3, 0.4) is 0 Å². The van der Waals surface area contributed by atoms with Gasteiger partial charge in [0.25, 0.3) is 5.22 Å². The third-order valence-electron chi connectivity index (χ3n) is 2.21. The largest absolute Gasteiger partial charge is 0.415 e. The van der Waals surface area contributed by atoms with Crippen molar-refractivity contribution in [2.24, 2.45) is 5.73 Å². The molecule has 2 N–H and O–H groups in total. The molecule has 2 aromatic rings. The molecule has 0 spiro atoms. The summed E-state index contributed by atoms with van der Waals surface area (Å²) in [6.45, 7) is 2.37. The van der Waals surface area contributed by atoms with Gasteiger partial charge in [-0.15, -0.1) is 10.2 Å². The van der Waals surface area contributed by atoms with Crippen LogP contribution in [-0.4, -0.2) is 20.3 Å². The summed E-state index contributed by atoms with van der Waals surface area (Å²) in [4.78, 5) is 4.28. The zero-order valence-electron chi connectivity index (χ0n) is 10.1. The first-order chi connectivity index (χ1) is 8.81. The smallest absolute Gasteiger partial charge is 0.277 e. The van der Waals surface area contributed by atoms with Crippen LogP contribution < -0.4 is 5.73 Å². The Hall–Kier alpha value is -1.41. The Kier molecular flexibility index (Phi) is 4.71. The number of aryl methyl sites for hydroxylation is 1. The average Bonchev–Trinajstić information content (AvgIpc) is 3.03. The van der Waals surface area contributed by atoms with Gasteiger partial charge in [-0.3, -0.25) is 0 Å². The molecule has 0 atom stereocenters. The molecule has 0 saturated heterocycles. The maximum atomic E-state index is 5.37. The van der Waals surface area contributed by atoms with Crippen molar-refractivity contribution < 1.29 is 8.94 Å². The molecule has 0 aliphatic carbocycles. The molecule has 0 saturated carbocycles. The molecule has 18 heavy (non-hydrogen) atoms. The molecule has 0 aromatic carbocycles. The minimum absolute atomic E-state index is 0.245. The molecule has 2 heterocycles. The number of rotatable bonds is 7. The summed E-state index contributed by atoms with van der Waals surface area (Å²) in [6.07, 6.45) is 3.03. The van der Waals surface area contributed by atoms with Gasteiger partial charge < -0.3 is 14.7 Å². The van der Waals surface area contributed by atoms with Gasteiger partial charge in [-0.1, -0.05) is 30.3 Å². The second kappa shape index (κ2) is 6.50. The van der Waals surface area contributed by atoms with Gasteiger partial charge >= 0.3 is 0 Å². The van der Waals surface area contributed by atoms with Crippen LogP contribution >= 0.6 is 11.8 Å². The number of hydrogen-bond acceptors (Lipinski definition) is 8. The fourth-order valence-electron chi connectivity index (χ4n) is 1.29. The molecular formula is C10H15N5O2S. The van der Waals surface area contributed by atoms with E-state index in [1.165, 1.54) is 11.8 Å². The van der Waals surface area contributed by atoms with Gasteiger partial charge in [0.15, 0.2) is 5.82 Å². The molecule has 0 fully saturated rings. The first-order valence-electron chi connectivity index (χ1n) is 5.78. The number of thioether (sulfide) groups is 1. The van der Waals surface area contributed by atoms with Crippen LogP contribution in [0.4, 0.5) is 0 Å². The maximum absolute atomic E-state index is 5.37. The Bertz CT molecular complexity index is 484. The molecule has 98 valence electrons. The summed E-state index contributed by atoms with van der Waals surface area (Å²) in [7, 11) is 0. The lowest BCUT2D eigenvalue weighted by molar-refractivity contribution is 0.382. The van der Waals surface area contributed by atoms with Crippen molar-refractivity contribution in [2.45, 2.75) is 43.7 Å². The van der Waals surface area contributed by atoms with Gasteiger partial charge in [0.2, 0.25) is 11.8 Å². The van der Waals surface area contributed by atoms with Crippen LogP contribution in [0.25, 0.3) is 0 Å². The van der Waals surface area contributed by atoms with Crippen molar-refractivity contribution in [3.63, 3.8) is 0 Å². The van der Waals surface area contributed by atoms with Crippen molar-refractivity contribution in [3.05, 3.63) is 17.6 Å². The Morgan fingerprint density at radius 2 is 2.17 bits per heavy atom. The third kappa shape index (κ3) is 3.54. The van der Waals surface area contributed by atoms with Gasteiger partial charge in [0.1, 0.15) is 0 Å². The zero-order valence-corrected chi connectivity index (χ0v) is 10.9. The lowest BCUT2D eigenvalue weighted by atomic mass is 10.2. The topological polar surface area (TPSA) is 104 Å². The summed E-state index contributed by atoms with van der Waals surface area (Å²) < 4.78 is 10.4.